The minimum absolute atomic E-state index is 0.0509. The van der Waals surface area contributed by atoms with Crippen LogP contribution < -0.4 is 0 Å². The van der Waals surface area contributed by atoms with Crippen molar-refractivity contribution in [2.45, 2.75) is 24.4 Å². The van der Waals surface area contributed by atoms with Crippen LogP contribution in [0.2, 0.25) is 0 Å². The quantitative estimate of drug-likeness (QED) is 0.0585. The van der Waals surface area contributed by atoms with Crippen molar-refractivity contribution < 1.29 is 70.8 Å². The van der Waals surface area contributed by atoms with E-state index >= 15 is 0 Å². The molecule has 0 spiro atoms. The second-order valence-corrected chi connectivity index (χ2v) is 30.3. The van der Waals surface area contributed by atoms with Crippen LogP contribution in [0, 0.1) is 0 Å². The summed E-state index contributed by atoms with van der Waals surface area (Å²) in [6, 6.07) is 0. The van der Waals surface area contributed by atoms with Crippen LogP contribution in [-0.2, 0) is 70.8 Å². The molecule has 0 rings (SSSR count). The third-order valence-electron chi connectivity index (χ3n) is 7.89. The summed E-state index contributed by atoms with van der Waals surface area (Å²) in [4.78, 5) is 0. The Balaban J connectivity index is 5.13. The van der Waals surface area contributed by atoms with Gasteiger partial charge in [0.1, 0.15) is 0 Å². The highest BCUT2D eigenvalue weighted by Gasteiger charge is 2.47. The smallest absolute Gasteiger partial charge is 0.355 e. The number of hydrogen-bond donors (Lipinski definition) is 0. The molecule has 0 heterocycles. The second-order valence-electron chi connectivity index (χ2n) is 11.8. The van der Waals surface area contributed by atoms with Gasteiger partial charge in [-0.15, -0.1) is 0 Å². The van der Waals surface area contributed by atoms with E-state index in [2.05, 4.69) is 12.5 Å². The number of hydrogen-bond acceptors (Lipinski definition) is 24. The molecule has 0 aliphatic heterocycles. The minimum Gasteiger partial charge on any atom is -0.355 e. The lowest BCUT2D eigenvalue weighted by molar-refractivity contribution is -0.0115. The minimum atomic E-state index is -3.24. The monoisotopic (exact) mass is 1080 g/mol. The molecule has 28 heteroatoms. The summed E-state index contributed by atoms with van der Waals surface area (Å²) in [5, 5.41) is 0. The molecular formula is C32H74O16S8Si4. The van der Waals surface area contributed by atoms with Crippen molar-refractivity contribution in [3.05, 3.63) is 0 Å². The van der Waals surface area contributed by atoms with Gasteiger partial charge in [0.25, 0.3) is 0 Å². The molecule has 0 radical (unpaired) electrons. The Hall–Kier alpha value is 3.03. The first-order chi connectivity index (χ1) is 29.0. The topological polar surface area (TPSA) is 148 Å². The lowest BCUT2D eigenvalue weighted by Crippen LogP contribution is -2.50. The van der Waals surface area contributed by atoms with E-state index in [0.717, 1.165) is 80.5 Å². The van der Waals surface area contributed by atoms with Gasteiger partial charge in [-0.25, -0.2) is 0 Å². The van der Waals surface area contributed by atoms with Gasteiger partial charge in [0, 0.05) is 166 Å². The van der Waals surface area contributed by atoms with Gasteiger partial charge in [0.15, 0.2) is 0 Å². The normalized spacial score (nSPS) is 15.1. The average Bonchev–Trinajstić information content (AvgIpc) is 3.28. The van der Waals surface area contributed by atoms with Gasteiger partial charge < -0.3 is 70.8 Å². The van der Waals surface area contributed by atoms with Crippen LogP contribution >= 0.6 is 94.1 Å². The Bertz CT molecular complexity index is 886. The maximum Gasteiger partial charge on any atom is 0.679 e. The Morgan fingerprint density at radius 2 is 0.417 bits per heavy atom. The third-order valence-corrected chi connectivity index (χ3v) is 25.2. The van der Waals surface area contributed by atoms with Crippen LogP contribution in [-0.4, -0.2) is 239 Å². The van der Waals surface area contributed by atoms with Crippen LogP contribution in [0.25, 0.3) is 0 Å². The van der Waals surface area contributed by atoms with E-state index in [-0.39, 0.29) is 24.4 Å². The fourth-order valence-corrected chi connectivity index (χ4v) is 19.5. The zero-order valence-corrected chi connectivity index (χ0v) is 48.5. The molecule has 0 saturated heterocycles. The van der Waals surface area contributed by atoms with Crippen LogP contribution in [0.1, 0.15) is 0 Å². The zero-order chi connectivity index (χ0) is 45.2. The predicted molar refractivity (Wildman–Crippen MR) is 267 cm³/mol. The molecule has 0 aromatic rings. The molecule has 16 nitrogen and oxygen atoms in total. The Kier molecular flexibility index (Phi) is 40.9. The highest BCUT2D eigenvalue weighted by atomic mass is 32.2. The van der Waals surface area contributed by atoms with Crippen molar-refractivity contribution in [1.29, 1.82) is 0 Å². The van der Waals surface area contributed by atoms with Crippen molar-refractivity contribution in [2.24, 2.45) is 0 Å². The molecule has 60 heavy (non-hydrogen) atoms. The van der Waals surface area contributed by atoms with E-state index in [4.69, 9.17) is 70.8 Å². The highest BCUT2D eigenvalue weighted by Crippen LogP contribution is 2.24. The van der Waals surface area contributed by atoms with Crippen molar-refractivity contribution in [1.82, 2.24) is 0 Å². The third kappa shape index (κ3) is 26.0. The molecule has 0 fully saturated rings. The first kappa shape index (κ1) is 63.0. The summed E-state index contributed by atoms with van der Waals surface area (Å²) in [7, 11) is 5.96. The van der Waals surface area contributed by atoms with Crippen molar-refractivity contribution >= 4 is 130 Å². The number of thioether (sulfide) groups is 8. The van der Waals surface area contributed by atoms with Crippen molar-refractivity contribution in [3.63, 3.8) is 0 Å². The fraction of sp³-hybridized carbons (Fsp3) is 1.00. The van der Waals surface area contributed by atoms with E-state index in [1.165, 1.54) is 0 Å². The molecule has 362 valence electrons. The van der Waals surface area contributed by atoms with E-state index in [1.807, 2.05) is 70.6 Å². The van der Waals surface area contributed by atoms with E-state index in [0.29, 0.717) is 0 Å². The van der Waals surface area contributed by atoms with E-state index in [1.54, 1.807) is 109 Å². The molecule has 0 aliphatic carbocycles. The summed E-state index contributed by atoms with van der Waals surface area (Å²) >= 11 is 14.5. The average molecular weight is 1080 g/mol. The zero-order valence-electron chi connectivity index (χ0n) is 38.0. The van der Waals surface area contributed by atoms with E-state index in [9.17, 15) is 0 Å². The summed E-state index contributed by atoms with van der Waals surface area (Å²) in [6.07, 6.45) is 3.76. The molecule has 0 aliphatic rings. The van der Waals surface area contributed by atoms with Crippen molar-refractivity contribution in [3.8, 4) is 0 Å². The van der Waals surface area contributed by atoms with Crippen LogP contribution in [0.5, 0.6) is 0 Å². The Morgan fingerprint density at radius 3 is 0.550 bits per heavy atom. The lowest BCUT2D eigenvalue weighted by atomic mass is 10.5. The van der Waals surface area contributed by atoms with Gasteiger partial charge in [-0.2, -0.15) is 94.1 Å². The molecule has 4 atom stereocenters. The SMILES string of the molecule is CO[Si](OC)(OC)OC(CSC)CSCCSCC(CSCCSCC(CSCCSCC(CSC)O[Si](OC)(OC)OC)O[Si](OC)(OC)OC)O[Si](OC)(OC)OC. The maximum atomic E-state index is 6.40. The van der Waals surface area contributed by atoms with Gasteiger partial charge in [-0.05, 0) is 12.5 Å². The molecule has 0 aromatic heterocycles. The van der Waals surface area contributed by atoms with Gasteiger partial charge >= 0.3 is 36.2 Å². The molecular weight excluding hydrogens is 1010 g/mol. The fourth-order valence-electron chi connectivity index (χ4n) is 4.87. The summed E-state index contributed by atoms with van der Waals surface area (Å²) in [5.74, 6) is 12.0. The summed E-state index contributed by atoms with van der Waals surface area (Å²) in [5.41, 5.74) is 0. The van der Waals surface area contributed by atoms with E-state index < -0.39 is 36.2 Å². The highest BCUT2D eigenvalue weighted by molar-refractivity contribution is 8.04. The predicted octanol–water partition coefficient (Wildman–Crippen LogP) is 5.15. The van der Waals surface area contributed by atoms with Gasteiger partial charge in [0.2, 0.25) is 0 Å². The largest absolute Gasteiger partial charge is 0.679 e. The molecule has 4 unspecified atom stereocenters. The maximum absolute atomic E-state index is 6.40. The van der Waals surface area contributed by atoms with Crippen LogP contribution in [0.15, 0.2) is 0 Å². The molecule has 0 bridgehead atoms. The molecule has 0 amide bonds. The standard InChI is InChI=1S/C32H74O16S8Si4/c1-33-57(34-2,35-3)45-29(21-49-13)23-51-15-17-53-25-31(47-59(39-7,40-8)41-9)27-55-19-20-56-28-32(48-60(42-10,43-11)44-12)26-54-18-16-52-24-30(22-50-14)46-58(36-4,37-5)38-6/h29-32H,15-28H2,1-14H3. The molecule has 0 aromatic carbocycles. The lowest BCUT2D eigenvalue weighted by Gasteiger charge is -2.29. The molecule has 0 N–H and O–H groups in total. The van der Waals surface area contributed by atoms with Crippen LogP contribution in [0.4, 0.5) is 0 Å². The van der Waals surface area contributed by atoms with Gasteiger partial charge in [-0.1, -0.05) is 0 Å². The Morgan fingerprint density at radius 1 is 0.267 bits per heavy atom. The Labute approximate surface area is 400 Å². The van der Waals surface area contributed by atoms with Crippen LogP contribution in [0.3, 0.4) is 0 Å². The second kappa shape index (κ2) is 38.9. The van der Waals surface area contributed by atoms with Gasteiger partial charge in [0.05, 0.1) is 24.4 Å². The first-order valence-corrected chi connectivity index (χ1v) is 35.0. The summed E-state index contributed by atoms with van der Waals surface area (Å²) < 4.78 is 91.6. The first-order valence-electron chi connectivity index (χ1n) is 18.7. The molecule has 0 saturated carbocycles. The van der Waals surface area contributed by atoms with Gasteiger partial charge in [-0.3, -0.25) is 0 Å². The number of rotatable bonds is 45. The van der Waals surface area contributed by atoms with Crippen molar-refractivity contribution in [2.75, 3.05) is 178 Å². The summed E-state index contributed by atoms with van der Waals surface area (Å²) in [6.45, 7) is 0.